The van der Waals surface area contributed by atoms with Crippen molar-refractivity contribution in [1.82, 2.24) is 9.80 Å². The molecule has 0 unspecified atom stereocenters. The van der Waals surface area contributed by atoms with E-state index in [1.165, 1.54) is 11.6 Å². The zero-order valence-electron chi connectivity index (χ0n) is 18.7. The van der Waals surface area contributed by atoms with Crippen molar-refractivity contribution in [3.05, 3.63) is 106 Å². The SMILES string of the molecule is Cc1cccc(CO[C@H](CN2CCN(C(=O)c3ccccc3F)CC2)c2ccc(Cl)cc2)c1. The zero-order valence-corrected chi connectivity index (χ0v) is 19.5. The normalized spacial score (nSPS) is 15.4. The van der Waals surface area contributed by atoms with E-state index >= 15 is 0 Å². The number of hydrogen-bond donors (Lipinski definition) is 0. The van der Waals surface area contributed by atoms with E-state index in [4.69, 9.17) is 16.3 Å². The number of rotatable bonds is 7. The summed E-state index contributed by atoms with van der Waals surface area (Å²) < 4.78 is 20.4. The van der Waals surface area contributed by atoms with Crippen LogP contribution in [-0.2, 0) is 11.3 Å². The van der Waals surface area contributed by atoms with Gasteiger partial charge in [0.15, 0.2) is 0 Å². The highest BCUT2D eigenvalue weighted by molar-refractivity contribution is 6.30. The van der Waals surface area contributed by atoms with E-state index in [1.54, 1.807) is 23.1 Å². The Labute approximate surface area is 199 Å². The average Bonchev–Trinajstić information content (AvgIpc) is 2.83. The summed E-state index contributed by atoms with van der Waals surface area (Å²) in [5.74, 6) is -0.727. The van der Waals surface area contributed by atoms with Crippen molar-refractivity contribution in [3.63, 3.8) is 0 Å². The fourth-order valence-corrected chi connectivity index (χ4v) is 4.23. The molecule has 4 rings (SSSR count). The summed E-state index contributed by atoms with van der Waals surface area (Å²) in [6, 6.07) is 22.2. The summed E-state index contributed by atoms with van der Waals surface area (Å²) in [7, 11) is 0. The molecule has 0 aliphatic carbocycles. The Bertz CT molecular complexity index is 1080. The van der Waals surface area contributed by atoms with Crippen LogP contribution in [0.1, 0.15) is 33.2 Å². The minimum absolute atomic E-state index is 0.128. The molecule has 6 heteroatoms. The quantitative estimate of drug-likeness (QED) is 0.460. The van der Waals surface area contributed by atoms with Gasteiger partial charge >= 0.3 is 0 Å². The van der Waals surface area contributed by atoms with Crippen LogP contribution in [0.2, 0.25) is 5.02 Å². The maximum Gasteiger partial charge on any atom is 0.256 e. The highest BCUT2D eigenvalue weighted by Gasteiger charge is 2.26. The van der Waals surface area contributed by atoms with Crippen molar-refractivity contribution < 1.29 is 13.9 Å². The summed E-state index contributed by atoms with van der Waals surface area (Å²) >= 11 is 6.09. The van der Waals surface area contributed by atoms with Crippen LogP contribution < -0.4 is 0 Å². The van der Waals surface area contributed by atoms with Crippen LogP contribution in [0.25, 0.3) is 0 Å². The Balaban J connectivity index is 1.39. The second kappa shape index (κ2) is 10.9. The number of benzene rings is 3. The molecule has 1 amide bonds. The number of ether oxygens (including phenoxy) is 1. The molecule has 0 radical (unpaired) electrons. The van der Waals surface area contributed by atoms with E-state index in [2.05, 4.69) is 30.0 Å². The molecule has 0 saturated carbocycles. The van der Waals surface area contributed by atoms with Crippen LogP contribution in [0, 0.1) is 12.7 Å². The lowest BCUT2D eigenvalue weighted by Gasteiger charge is -2.36. The van der Waals surface area contributed by atoms with E-state index in [0.29, 0.717) is 44.4 Å². The van der Waals surface area contributed by atoms with Gasteiger partial charge < -0.3 is 9.64 Å². The number of hydrogen-bond acceptors (Lipinski definition) is 3. The van der Waals surface area contributed by atoms with E-state index < -0.39 is 5.82 Å². The summed E-state index contributed by atoms with van der Waals surface area (Å²) in [5.41, 5.74) is 3.53. The third kappa shape index (κ3) is 6.20. The summed E-state index contributed by atoms with van der Waals surface area (Å²) in [6.45, 7) is 5.81. The first-order chi connectivity index (χ1) is 16.0. The minimum Gasteiger partial charge on any atom is -0.368 e. The van der Waals surface area contributed by atoms with E-state index in [1.807, 2.05) is 30.3 Å². The first-order valence-electron chi connectivity index (χ1n) is 11.2. The second-order valence-corrected chi connectivity index (χ2v) is 8.85. The third-order valence-electron chi connectivity index (χ3n) is 5.96. The molecule has 0 aromatic heterocycles. The largest absolute Gasteiger partial charge is 0.368 e. The van der Waals surface area contributed by atoms with Crippen LogP contribution >= 0.6 is 11.6 Å². The first kappa shape index (κ1) is 23.4. The fourth-order valence-electron chi connectivity index (χ4n) is 4.10. The lowest BCUT2D eigenvalue weighted by atomic mass is 10.1. The molecule has 33 heavy (non-hydrogen) atoms. The van der Waals surface area contributed by atoms with Gasteiger partial charge in [-0.15, -0.1) is 0 Å². The Morgan fingerprint density at radius 2 is 1.73 bits per heavy atom. The zero-order chi connectivity index (χ0) is 23.2. The molecule has 172 valence electrons. The number of nitrogens with zero attached hydrogens (tertiary/aromatic N) is 2. The third-order valence-corrected chi connectivity index (χ3v) is 6.22. The molecule has 4 nitrogen and oxygen atoms in total. The summed E-state index contributed by atoms with van der Waals surface area (Å²) in [6.07, 6.45) is -0.128. The Hall–Kier alpha value is -2.73. The van der Waals surface area contributed by atoms with Crippen molar-refractivity contribution in [2.24, 2.45) is 0 Å². The number of carbonyl (C=O) groups excluding carboxylic acids is 1. The molecule has 1 aliphatic heterocycles. The van der Waals surface area contributed by atoms with Gasteiger partial charge in [0.25, 0.3) is 5.91 Å². The number of amides is 1. The Morgan fingerprint density at radius 3 is 2.42 bits per heavy atom. The van der Waals surface area contributed by atoms with E-state index in [0.717, 1.165) is 11.1 Å². The number of halogens is 2. The molecule has 0 bridgehead atoms. The van der Waals surface area contributed by atoms with Crippen LogP contribution in [0.3, 0.4) is 0 Å². The minimum atomic E-state index is -0.475. The molecule has 0 spiro atoms. The number of aryl methyl sites for hydroxylation is 1. The van der Waals surface area contributed by atoms with E-state index in [-0.39, 0.29) is 17.6 Å². The predicted octanol–water partition coefficient (Wildman–Crippen LogP) is 5.50. The summed E-state index contributed by atoms with van der Waals surface area (Å²) in [5, 5.41) is 0.691. The molecule has 0 N–H and O–H groups in total. The maximum atomic E-state index is 14.0. The van der Waals surface area contributed by atoms with Crippen LogP contribution in [0.5, 0.6) is 0 Å². The molecule has 1 heterocycles. The van der Waals surface area contributed by atoms with Gasteiger partial charge in [-0.1, -0.05) is 65.7 Å². The highest BCUT2D eigenvalue weighted by atomic mass is 35.5. The van der Waals surface area contributed by atoms with Gasteiger partial charge in [0.2, 0.25) is 0 Å². The van der Waals surface area contributed by atoms with Gasteiger partial charge in [-0.3, -0.25) is 9.69 Å². The Kier molecular flexibility index (Phi) is 7.76. The molecule has 1 fully saturated rings. The molecule has 1 aliphatic rings. The van der Waals surface area contributed by atoms with Gasteiger partial charge in [0, 0.05) is 37.7 Å². The van der Waals surface area contributed by atoms with Crippen molar-refractivity contribution in [2.75, 3.05) is 32.7 Å². The molecule has 1 atom stereocenters. The Morgan fingerprint density at radius 1 is 1.00 bits per heavy atom. The van der Waals surface area contributed by atoms with Crippen molar-refractivity contribution >= 4 is 17.5 Å². The van der Waals surface area contributed by atoms with Crippen LogP contribution in [-0.4, -0.2) is 48.4 Å². The van der Waals surface area contributed by atoms with Gasteiger partial charge in [-0.05, 0) is 42.3 Å². The number of piperazine rings is 1. The topological polar surface area (TPSA) is 32.8 Å². The molecular formula is C27H28ClFN2O2. The van der Waals surface area contributed by atoms with E-state index in [9.17, 15) is 9.18 Å². The smallest absolute Gasteiger partial charge is 0.256 e. The second-order valence-electron chi connectivity index (χ2n) is 8.41. The molecule has 1 saturated heterocycles. The molecule has 3 aromatic rings. The van der Waals surface area contributed by atoms with Gasteiger partial charge in [-0.2, -0.15) is 0 Å². The first-order valence-corrected chi connectivity index (χ1v) is 11.6. The lowest BCUT2D eigenvalue weighted by Crippen LogP contribution is -2.49. The van der Waals surface area contributed by atoms with Crippen LogP contribution in [0.15, 0.2) is 72.8 Å². The number of carbonyl (C=O) groups is 1. The average molecular weight is 467 g/mol. The van der Waals surface area contributed by atoms with Crippen LogP contribution in [0.4, 0.5) is 4.39 Å². The summed E-state index contributed by atoms with van der Waals surface area (Å²) in [4.78, 5) is 16.7. The molecule has 3 aromatic carbocycles. The maximum absolute atomic E-state index is 14.0. The van der Waals surface area contributed by atoms with Gasteiger partial charge in [0.05, 0.1) is 18.3 Å². The van der Waals surface area contributed by atoms with Gasteiger partial charge in [-0.25, -0.2) is 4.39 Å². The highest BCUT2D eigenvalue weighted by Crippen LogP contribution is 2.24. The van der Waals surface area contributed by atoms with Crippen molar-refractivity contribution in [3.8, 4) is 0 Å². The monoisotopic (exact) mass is 466 g/mol. The lowest BCUT2D eigenvalue weighted by molar-refractivity contribution is 0.00337. The van der Waals surface area contributed by atoms with Gasteiger partial charge in [0.1, 0.15) is 5.82 Å². The molecular weight excluding hydrogens is 439 g/mol. The fraction of sp³-hybridized carbons (Fsp3) is 0.296. The van der Waals surface area contributed by atoms with Crippen molar-refractivity contribution in [1.29, 1.82) is 0 Å². The standard InChI is InChI=1S/C27H28ClFN2O2/c1-20-5-4-6-21(17-20)19-33-26(22-9-11-23(28)12-10-22)18-30-13-15-31(16-14-30)27(32)24-7-2-3-8-25(24)29/h2-12,17,26H,13-16,18-19H2,1H3/t26-/m1/s1. The predicted molar refractivity (Wildman–Crippen MR) is 129 cm³/mol. The van der Waals surface area contributed by atoms with Crippen molar-refractivity contribution in [2.45, 2.75) is 19.6 Å².